The van der Waals surface area contributed by atoms with Gasteiger partial charge in [0, 0.05) is 12.2 Å². The summed E-state index contributed by atoms with van der Waals surface area (Å²) >= 11 is 0. The smallest absolute Gasteiger partial charge is 0.275 e. The molecule has 1 aromatic carbocycles. The number of amides is 2. The van der Waals surface area contributed by atoms with Gasteiger partial charge < -0.3 is 10.6 Å². The molecule has 2 aromatic rings. The molecule has 120 valence electrons. The molecule has 2 rings (SSSR count). The standard InChI is InChI=1S/C17H20N4O2/c1-4-11(2)20-16(22)13-7-5-6-8-14(13)21-17(23)15-10-18-12(3)9-19-15/h5-11H,4H2,1-3H3,(H,20,22)(H,21,23). The molecule has 0 aliphatic carbocycles. The van der Waals surface area contributed by atoms with Gasteiger partial charge in [0.05, 0.1) is 23.1 Å². The van der Waals surface area contributed by atoms with E-state index in [4.69, 9.17) is 0 Å². The van der Waals surface area contributed by atoms with Crippen molar-refractivity contribution in [3.05, 3.63) is 53.6 Å². The van der Waals surface area contributed by atoms with Crippen LogP contribution in [0, 0.1) is 6.92 Å². The van der Waals surface area contributed by atoms with E-state index in [2.05, 4.69) is 20.6 Å². The first-order valence-electron chi connectivity index (χ1n) is 7.51. The van der Waals surface area contributed by atoms with Crippen LogP contribution in [0.4, 0.5) is 5.69 Å². The molecule has 1 heterocycles. The number of hydrogen-bond acceptors (Lipinski definition) is 4. The predicted octanol–water partition coefficient (Wildman–Crippen LogP) is 2.57. The number of aromatic nitrogens is 2. The van der Waals surface area contributed by atoms with E-state index < -0.39 is 5.91 Å². The number of nitrogens with one attached hydrogen (secondary N) is 2. The molecule has 0 aliphatic rings. The van der Waals surface area contributed by atoms with Gasteiger partial charge >= 0.3 is 0 Å². The van der Waals surface area contributed by atoms with E-state index in [0.717, 1.165) is 12.1 Å². The Balaban J connectivity index is 2.18. The molecule has 6 nitrogen and oxygen atoms in total. The summed E-state index contributed by atoms with van der Waals surface area (Å²) in [6, 6.07) is 6.94. The third kappa shape index (κ3) is 4.35. The van der Waals surface area contributed by atoms with Gasteiger partial charge in [-0.05, 0) is 32.4 Å². The van der Waals surface area contributed by atoms with Crippen molar-refractivity contribution in [3.8, 4) is 0 Å². The molecule has 2 amide bonds. The van der Waals surface area contributed by atoms with Crippen molar-refractivity contribution in [3.63, 3.8) is 0 Å². The Labute approximate surface area is 135 Å². The van der Waals surface area contributed by atoms with E-state index >= 15 is 0 Å². The summed E-state index contributed by atoms with van der Waals surface area (Å²) in [6.45, 7) is 5.72. The largest absolute Gasteiger partial charge is 0.350 e. The SMILES string of the molecule is CCC(C)NC(=O)c1ccccc1NC(=O)c1cnc(C)cn1. The van der Waals surface area contributed by atoms with E-state index in [-0.39, 0.29) is 17.6 Å². The summed E-state index contributed by atoms with van der Waals surface area (Å²) in [5.41, 5.74) is 1.80. The number of carbonyl (C=O) groups is 2. The van der Waals surface area contributed by atoms with Crippen molar-refractivity contribution in [2.75, 3.05) is 5.32 Å². The Morgan fingerprint density at radius 1 is 1.13 bits per heavy atom. The molecule has 1 aromatic heterocycles. The molecule has 6 heteroatoms. The fourth-order valence-electron chi connectivity index (χ4n) is 1.89. The van der Waals surface area contributed by atoms with Crippen LogP contribution in [0.15, 0.2) is 36.7 Å². The molecule has 23 heavy (non-hydrogen) atoms. The maximum Gasteiger partial charge on any atom is 0.275 e. The summed E-state index contributed by atoms with van der Waals surface area (Å²) in [6.07, 6.45) is 3.77. The highest BCUT2D eigenvalue weighted by Crippen LogP contribution is 2.16. The lowest BCUT2D eigenvalue weighted by Crippen LogP contribution is -2.32. The number of benzene rings is 1. The number of hydrogen-bond donors (Lipinski definition) is 2. The molecule has 0 aliphatic heterocycles. The topological polar surface area (TPSA) is 84.0 Å². The second-order valence-electron chi connectivity index (χ2n) is 5.33. The van der Waals surface area contributed by atoms with Crippen molar-refractivity contribution in [1.29, 1.82) is 0 Å². The minimum atomic E-state index is -0.402. The van der Waals surface area contributed by atoms with Crippen LogP contribution in [0.3, 0.4) is 0 Å². The molecular formula is C17H20N4O2. The molecule has 0 bridgehead atoms. The molecule has 0 spiro atoms. The van der Waals surface area contributed by atoms with Crippen molar-refractivity contribution < 1.29 is 9.59 Å². The lowest BCUT2D eigenvalue weighted by Gasteiger charge is -2.14. The zero-order valence-electron chi connectivity index (χ0n) is 13.5. The van der Waals surface area contributed by atoms with Crippen LogP contribution >= 0.6 is 0 Å². The highest BCUT2D eigenvalue weighted by Gasteiger charge is 2.15. The zero-order valence-corrected chi connectivity index (χ0v) is 13.5. The maximum atomic E-state index is 12.3. The third-order valence-electron chi connectivity index (χ3n) is 3.42. The highest BCUT2D eigenvalue weighted by atomic mass is 16.2. The van der Waals surface area contributed by atoms with Crippen LogP contribution in [0.5, 0.6) is 0 Å². The first-order valence-corrected chi connectivity index (χ1v) is 7.51. The molecule has 1 unspecified atom stereocenters. The minimum absolute atomic E-state index is 0.0641. The number of para-hydroxylation sites is 1. The number of carbonyl (C=O) groups excluding carboxylic acids is 2. The third-order valence-corrected chi connectivity index (χ3v) is 3.42. The Morgan fingerprint density at radius 2 is 1.87 bits per heavy atom. The molecule has 0 fully saturated rings. The predicted molar refractivity (Wildman–Crippen MR) is 88.4 cm³/mol. The lowest BCUT2D eigenvalue weighted by molar-refractivity contribution is 0.0940. The normalized spacial score (nSPS) is 11.6. The Hall–Kier alpha value is -2.76. The molecular weight excluding hydrogens is 292 g/mol. The van der Waals surface area contributed by atoms with Crippen LogP contribution < -0.4 is 10.6 Å². The highest BCUT2D eigenvalue weighted by molar-refractivity contribution is 6.08. The lowest BCUT2D eigenvalue weighted by atomic mass is 10.1. The van der Waals surface area contributed by atoms with Gasteiger partial charge in [-0.1, -0.05) is 19.1 Å². The number of anilines is 1. The van der Waals surface area contributed by atoms with Crippen LogP contribution in [0.1, 0.15) is 46.8 Å². The average molecular weight is 312 g/mol. The maximum absolute atomic E-state index is 12.3. The minimum Gasteiger partial charge on any atom is -0.350 e. The van der Waals surface area contributed by atoms with Crippen molar-refractivity contribution >= 4 is 17.5 Å². The quantitative estimate of drug-likeness (QED) is 0.888. The van der Waals surface area contributed by atoms with Crippen LogP contribution in [0.2, 0.25) is 0 Å². The van der Waals surface area contributed by atoms with Crippen molar-refractivity contribution in [2.24, 2.45) is 0 Å². The second kappa shape index (κ2) is 7.49. The number of rotatable bonds is 5. The average Bonchev–Trinajstić information content (AvgIpc) is 2.55. The number of aryl methyl sites for hydroxylation is 1. The summed E-state index contributed by atoms with van der Waals surface area (Å²) in [7, 11) is 0. The Kier molecular flexibility index (Phi) is 5.41. The van der Waals surface area contributed by atoms with Gasteiger partial charge in [-0.25, -0.2) is 4.98 Å². The van der Waals surface area contributed by atoms with Crippen LogP contribution in [-0.2, 0) is 0 Å². The monoisotopic (exact) mass is 312 g/mol. The first kappa shape index (κ1) is 16.6. The van der Waals surface area contributed by atoms with E-state index in [9.17, 15) is 9.59 Å². The summed E-state index contributed by atoms with van der Waals surface area (Å²) in [5.74, 6) is -0.619. The van der Waals surface area contributed by atoms with Crippen LogP contribution in [0.25, 0.3) is 0 Å². The van der Waals surface area contributed by atoms with Gasteiger partial charge in [0.1, 0.15) is 5.69 Å². The zero-order chi connectivity index (χ0) is 16.8. The van der Waals surface area contributed by atoms with E-state index in [1.165, 1.54) is 12.4 Å². The molecule has 0 saturated carbocycles. The fraction of sp³-hybridized carbons (Fsp3) is 0.294. The Morgan fingerprint density at radius 3 is 2.52 bits per heavy atom. The van der Waals surface area contributed by atoms with Crippen molar-refractivity contribution in [1.82, 2.24) is 15.3 Å². The van der Waals surface area contributed by atoms with Gasteiger partial charge in [0.15, 0.2) is 0 Å². The van der Waals surface area contributed by atoms with Gasteiger partial charge in [-0.15, -0.1) is 0 Å². The van der Waals surface area contributed by atoms with E-state index in [1.807, 2.05) is 13.8 Å². The van der Waals surface area contributed by atoms with Gasteiger partial charge in [0.25, 0.3) is 11.8 Å². The molecule has 0 saturated heterocycles. The second-order valence-corrected chi connectivity index (χ2v) is 5.33. The summed E-state index contributed by atoms with van der Waals surface area (Å²) in [4.78, 5) is 32.6. The van der Waals surface area contributed by atoms with Crippen molar-refractivity contribution in [2.45, 2.75) is 33.2 Å². The molecule has 0 radical (unpaired) electrons. The van der Waals surface area contributed by atoms with E-state index in [1.54, 1.807) is 31.2 Å². The summed E-state index contributed by atoms with van der Waals surface area (Å²) in [5, 5.41) is 5.60. The van der Waals surface area contributed by atoms with Gasteiger partial charge in [-0.2, -0.15) is 0 Å². The van der Waals surface area contributed by atoms with E-state index in [0.29, 0.717) is 11.3 Å². The first-order chi connectivity index (χ1) is 11.0. The van der Waals surface area contributed by atoms with Crippen LogP contribution in [-0.4, -0.2) is 27.8 Å². The summed E-state index contributed by atoms with van der Waals surface area (Å²) < 4.78 is 0. The number of nitrogens with zero attached hydrogens (tertiary/aromatic N) is 2. The Bertz CT molecular complexity index is 698. The molecule has 2 N–H and O–H groups in total. The molecule has 1 atom stereocenters. The fourth-order valence-corrected chi connectivity index (χ4v) is 1.89. The van der Waals surface area contributed by atoms with Gasteiger partial charge in [0.2, 0.25) is 0 Å². The van der Waals surface area contributed by atoms with Gasteiger partial charge in [-0.3, -0.25) is 14.6 Å².